The molecule has 1 fully saturated rings. The predicted molar refractivity (Wildman–Crippen MR) is 111 cm³/mol. The Kier molecular flexibility index (Phi) is 5.69. The van der Waals surface area contributed by atoms with Gasteiger partial charge in [0.15, 0.2) is 0 Å². The molecule has 1 aliphatic rings. The van der Waals surface area contributed by atoms with Gasteiger partial charge in [0.25, 0.3) is 0 Å². The Morgan fingerprint density at radius 3 is 2.74 bits per heavy atom. The van der Waals surface area contributed by atoms with Crippen LogP contribution in [0.2, 0.25) is 0 Å². The van der Waals surface area contributed by atoms with Gasteiger partial charge in [-0.05, 0) is 44.7 Å². The molecule has 0 bridgehead atoms. The van der Waals surface area contributed by atoms with Crippen LogP contribution in [0.4, 0.5) is 0 Å². The Balaban J connectivity index is 1.42. The monoisotopic (exact) mass is 380 g/mol. The first-order valence-electron chi connectivity index (χ1n) is 9.85. The number of aromatic nitrogens is 3. The summed E-state index contributed by atoms with van der Waals surface area (Å²) in [7, 11) is 0. The van der Waals surface area contributed by atoms with Gasteiger partial charge in [-0.1, -0.05) is 30.3 Å². The van der Waals surface area contributed by atoms with Gasteiger partial charge in [-0.15, -0.1) is 11.3 Å². The third-order valence-corrected chi connectivity index (χ3v) is 6.53. The van der Waals surface area contributed by atoms with Crippen LogP contribution in [0.3, 0.4) is 0 Å². The van der Waals surface area contributed by atoms with Crippen molar-refractivity contribution in [2.45, 2.75) is 46.2 Å². The summed E-state index contributed by atoms with van der Waals surface area (Å²) in [5.74, 6) is 1.92. The standard InChI is InChI=1S/C22H28N4S/c1-17-12-23-22(26(17)14-19-7-4-3-5-8-19)11-20-9-6-10-25(13-20)15-21-18(2)24-16-27-21/h3-5,7-8,12,16,20H,6,9-11,13-15H2,1-2H3. The zero-order chi connectivity index (χ0) is 18.6. The second kappa shape index (κ2) is 8.36. The van der Waals surface area contributed by atoms with E-state index < -0.39 is 0 Å². The number of likely N-dealkylation sites (tertiary alicyclic amines) is 1. The van der Waals surface area contributed by atoms with Crippen LogP contribution in [-0.2, 0) is 19.5 Å². The van der Waals surface area contributed by atoms with E-state index in [0.29, 0.717) is 5.92 Å². The van der Waals surface area contributed by atoms with Crippen molar-refractivity contribution in [3.63, 3.8) is 0 Å². The number of hydrogen-bond acceptors (Lipinski definition) is 4. The van der Waals surface area contributed by atoms with Gasteiger partial charge >= 0.3 is 0 Å². The minimum atomic E-state index is 0.684. The third kappa shape index (κ3) is 4.47. The van der Waals surface area contributed by atoms with E-state index in [4.69, 9.17) is 4.98 Å². The predicted octanol–water partition coefficient (Wildman–Crippen LogP) is 4.46. The Bertz CT molecular complexity index is 868. The highest BCUT2D eigenvalue weighted by atomic mass is 32.1. The molecule has 0 saturated carbocycles. The fraction of sp³-hybridized carbons (Fsp3) is 0.455. The lowest BCUT2D eigenvalue weighted by Gasteiger charge is -2.32. The summed E-state index contributed by atoms with van der Waals surface area (Å²) in [6.45, 7) is 8.61. The van der Waals surface area contributed by atoms with E-state index in [-0.39, 0.29) is 0 Å². The van der Waals surface area contributed by atoms with Gasteiger partial charge in [0.05, 0.1) is 11.2 Å². The van der Waals surface area contributed by atoms with Crippen molar-refractivity contribution >= 4 is 11.3 Å². The number of aryl methyl sites for hydroxylation is 2. The number of rotatable bonds is 6. The molecule has 0 amide bonds. The van der Waals surface area contributed by atoms with E-state index >= 15 is 0 Å². The molecular formula is C22H28N4S. The highest BCUT2D eigenvalue weighted by Gasteiger charge is 2.23. The van der Waals surface area contributed by atoms with Crippen LogP contribution in [0.25, 0.3) is 0 Å². The van der Waals surface area contributed by atoms with Gasteiger partial charge in [0.1, 0.15) is 5.82 Å². The molecule has 1 saturated heterocycles. The van der Waals surface area contributed by atoms with Crippen molar-refractivity contribution in [2.24, 2.45) is 5.92 Å². The smallest absolute Gasteiger partial charge is 0.109 e. The first-order chi connectivity index (χ1) is 13.2. The molecule has 2 aromatic heterocycles. The van der Waals surface area contributed by atoms with Gasteiger partial charge in [0.2, 0.25) is 0 Å². The summed E-state index contributed by atoms with van der Waals surface area (Å²) in [5, 5.41) is 0. The van der Waals surface area contributed by atoms with Gasteiger partial charge in [-0.25, -0.2) is 9.97 Å². The Morgan fingerprint density at radius 1 is 1.11 bits per heavy atom. The number of nitrogens with zero attached hydrogens (tertiary/aromatic N) is 4. The number of piperidine rings is 1. The molecule has 4 rings (SSSR count). The summed E-state index contributed by atoms with van der Waals surface area (Å²) in [6, 6.07) is 10.7. The molecule has 3 aromatic rings. The lowest BCUT2D eigenvalue weighted by molar-refractivity contribution is 0.166. The van der Waals surface area contributed by atoms with Crippen molar-refractivity contribution in [1.29, 1.82) is 0 Å². The molecule has 5 heteroatoms. The summed E-state index contributed by atoms with van der Waals surface area (Å²) >= 11 is 1.79. The first-order valence-corrected chi connectivity index (χ1v) is 10.7. The highest BCUT2D eigenvalue weighted by molar-refractivity contribution is 7.09. The fourth-order valence-electron chi connectivity index (χ4n) is 4.06. The lowest BCUT2D eigenvalue weighted by atomic mass is 9.94. The zero-order valence-electron chi connectivity index (χ0n) is 16.3. The maximum Gasteiger partial charge on any atom is 0.109 e. The molecule has 0 N–H and O–H groups in total. The van der Waals surface area contributed by atoms with Crippen LogP contribution in [0, 0.1) is 19.8 Å². The van der Waals surface area contributed by atoms with E-state index in [0.717, 1.165) is 26.1 Å². The molecule has 1 unspecified atom stereocenters. The molecule has 1 aliphatic heterocycles. The van der Waals surface area contributed by atoms with Crippen LogP contribution in [-0.4, -0.2) is 32.5 Å². The number of imidazole rings is 1. The summed E-state index contributed by atoms with van der Waals surface area (Å²) < 4.78 is 2.39. The summed E-state index contributed by atoms with van der Waals surface area (Å²) in [4.78, 5) is 13.2. The van der Waals surface area contributed by atoms with Gasteiger partial charge in [-0.2, -0.15) is 0 Å². The number of benzene rings is 1. The molecule has 0 aliphatic carbocycles. The largest absolute Gasteiger partial charge is 0.328 e. The highest BCUT2D eigenvalue weighted by Crippen LogP contribution is 2.24. The minimum Gasteiger partial charge on any atom is -0.328 e. The molecular weight excluding hydrogens is 352 g/mol. The molecule has 142 valence electrons. The molecule has 0 spiro atoms. The lowest BCUT2D eigenvalue weighted by Crippen LogP contribution is -2.36. The average Bonchev–Trinajstić information content (AvgIpc) is 3.23. The minimum absolute atomic E-state index is 0.684. The Hall–Kier alpha value is -1.98. The van der Waals surface area contributed by atoms with Crippen molar-refractivity contribution in [2.75, 3.05) is 13.1 Å². The molecule has 0 radical (unpaired) electrons. The molecule has 4 nitrogen and oxygen atoms in total. The van der Waals surface area contributed by atoms with Crippen molar-refractivity contribution in [3.8, 4) is 0 Å². The summed E-state index contributed by atoms with van der Waals surface area (Å²) in [5.41, 5.74) is 5.75. The quantitative estimate of drug-likeness (QED) is 0.633. The maximum atomic E-state index is 4.76. The van der Waals surface area contributed by atoms with Crippen LogP contribution < -0.4 is 0 Å². The van der Waals surface area contributed by atoms with Crippen LogP contribution in [0.5, 0.6) is 0 Å². The molecule has 3 heterocycles. The van der Waals surface area contributed by atoms with Gasteiger partial charge in [0, 0.05) is 42.8 Å². The topological polar surface area (TPSA) is 34.0 Å². The average molecular weight is 381 g/mol. The van der Waals surface area contributed by atoms with Crippen LogP contribution in [0.15, 0.2) is 42.0 Å². The normalized spacial score (nSPS) is 18.1. The molecule has 1 aromatic carbocycles. The maximum absolute atomic E-state index is 4.76. The molecule has 1 atom stereocenters. The van der Waals surface area contributed by atoms with Crippen molar-refractivity contribution < 1.29 is 0 Å². The van der Waals surface area contributed by atoms with E-state index in [1.54, 1.807) is 11.3 Å². The Labute approximate surface area is 165 Å². The van der Waals surface area contributed by atoms with Gasteiger partial charge < -0.3 is 4.57 Å². The SMILES string of the molecule is Cc1ncsc1CN1CCCC(Cc2ncc(C)n2Cc2ccccc2)C1. The number of hydrogen-bond donors (Lipinski definition) is 0. The van der Waals surface area contributed by atoms with Crippen molar-refractivity contribution in [1.82, 2.24) is 19.4 Å². The van der Waals surface area contributed by atoms with Gasteiger partial charge in [-0.3, -0.25) is 4.90 Å². The summed E-state index contributed by atoms with van der Waals surface area (Å²) in [6.07, 6.45) is 5.68. The van der Waals surface area contributed by atoms with E-state index in [1.165, 1.54) is 47.0 Å². The van der Waals surface area contributed by atoms with E-state index in [9.17, 15) is 0 Å². The first kappa shape index (κ1) is 18.4. The third-order valence-electron chi connectivity index (χ3n) is 5.61. The second-order valence-corrected chi connectivity index (χ2v) is 8.64. The van der Waals surface area contributed by atoms with E-state index in [1.807, 2.05) is 11.7 Å². The van der Waals surface area contributed by atoms with Crippen LogP contribution >= 0.6 is 11.3 Å². The van der Waals surface area contributed by atoms with Crippen LogP contribution in [0.1, 0.15) is 40.5 Å². The number of thiazole rings is 1. The Morgan fingerprint density at radius 2 is 1.96 bits per heavy atom. The zero-order valence-corrected chi connectivity index (χ0v) is 17.1. The van der Waals surface area contributed by atoms with E-state index in [2.05, 4.69) is 58.6 Å². The second-order valence-electron chi connectivity index (χ2n) is 7.70. The van der Waals surface area contributed by atoms with Crippen molar-refractivity contribution in [3.05, 3.63) is 69.7 Å². The molecule has 27 heavy (non-hydrogen) atoms. The fourth-order valence-corrected chi connectivity index (χ4v) is 4.87.